The van der Waals surface area contributed by atoms with Crippen molar-refractivity contribution in [3.05, 3.63) is 238 Å². The number of anilines is 2. The van der Waals surface area contributed by atoms with Crippen molar-refractivity contribution in [1.82, 2.24) is 29.8 Å². The molecule has 2 saturated heterocycles. The molecule has 16 nitrogen and oxygen atoms in total. The van der Waals surface area contributed by atoms with Crippen molar-refractivity contribution >= 4 is 52.5 Å². The van der Waals surface area contributed by atoms with Gasteiger partial charge in [-0.05, 0) is 136 Å². The number of carbonyl (C=O) groups excluding carboxylic acids is 3. The first-order valence-corrected chi connectivity index (χ1v) is 32.0. The van der Waals surface area contributed by atoms with Crippen molar-refractivity contribution in [1.29, 1.82) is 10.5 Å². The van der Waals surface area contributed by atoms with Crippen LogP contribution in [0, 0.1) is 45.1 Å². The summed E-state index contributed by atoms with van der Waals surface area (Å²) in [5.41, 5.74) is 5.59. The van der Waals surface area contributed by atoms with E-state index in [1.807, 2.05) is 65.5 Å². The lowest BCUT2D eigenvalue weighted by molar-refractivity contribution is -0.141. The van der Waals surface area contributed by atoms with Crippen molar-refractivity contribution in [2.24, 2.45) is 10.8 Å². The van der Waals surface area contributed by atoms with Gasteiger partial charge in [0.15, 0.2) is 23.7 Å². The van der Waals surface area contributed by atoms with E-state index in [1.54, 1.807) is 97.7 Å². The largest absolute Gasteiger partial charge is 0.476 e. The van der Waals surface area contributed by atoms with Gasteiger partial charge in [0, 0.05) is 70.9 Å². The first-order chi connectivity index (χ1) is 45.3. The van der Waals surface area contributed by atoms with E-state index in [4.69, 9.17) is 42.5 Å². The lowest BCUT2D eigenvalue weighted by atomic mass is 9.75. The van der Waals surface area contributed by atoms with Gasteiger partial charge in [0.25, 0.3) is 11.8 Å². The fraction of sp³-hybridized carbons (Fsp3) is 0.284. The van der Waals surface area contributed by atoms with E-state index in [0.717, 1.165) is 44.6 Å². The SMILES string of the molecule is CC(C)(C)OC(=O)N1CC(C(=O)N2CCC(C#N)(Cc3ccc(F)cc3)CC2)Oc2c(-c3cnn(C(c4ccccc4)(c4ccccc4)c4ccccc4)c3)cc(Cl)cc21.N#CC1(Cc2ccc(F)cc2)CCN(C(=O)C2CNc3cc(Cl)cc(-c4cn[nH]c4)c3O2)CC1. The number of nitrogens with one attached hydrogen (secondary N) is 2. The topological polar surface area (TPSA) is 195 Å². The monoisotopic (exact) mass is 1300 g/mol. The Morgan fingerprint density at radius 3 is 1.60 bits per heavy atom. The molecule has 2 atom stereocenters. The van der Waals surface area contributed by atoms with Crippen LogP contribution in [0.5, 0.6) is 11.5 Å². The van der Waals surface area contributed by atoms with Gasteiger partial charge >= 0.3 is 6.09 Å². The summed E-state index contributed by atoms with van der Waals surface area (Å²) in [5.74, 6) is -0.196. The molecule has 2 fully saturated rings. The molecule has 0 saturated carbocycles. The fourth-order valence-corrected chi connectivity index (χ4v) is 13.5. The molecule has 2 unspecified atom stereocenters. The highest BCUT2D eigenvalue weighted by Crippen LogP contribution is 2.48. The van der Waals surface area contributed by atoms with Gasteiger partial charge in [-0.1, -0.05) is 138 Å². The Labute approximate surface area is 554 Å². The highest BCUT2D eigenvalue weighted by molar-refractivity contribution is 6.32. The van der Waals surface area contributed by atoms with Crippen LogP contribution in [0.15, 0.2) is 189 Å². The molecule has 0 radical (unpaired) electrons. The molecule has 4 aliphatic heterocycles. The Morgan fingerprint density at radius 1 is 0.638 bits per heavy atom. The van der Waals surface area contributed by atoms with Crippen molar-refractivity contribution in [2.75, 3.05) is 49.5 Å². The Balaban J connectivity index is 0.000000210. The van der Waals surface area contributed by atoms with Gasteiger partial charge in [-0.2, -0.15) is 20.7 Å². The maximum atomic E-state index is 14.5. The molecule has 2 aromatic heterocycles. The normalized spacial score (nSPS) is 17.2. The highest BCUT2D eigenvalue weighted by Gasteiger charge is 2.45. The Morgan fingerprint density at radius 2 is 1.12 bits per heavy atom. The third-order valence-corrected chi connectivity index (χ3v) is 18.4. The minimum atomic E-state index is -1.09. The highest BCUT2D eigenvalue weighted by atomic mass is 35.5. The summed E-state index contributed by atoms with van der Waals surface area (Å²) in [7, 11) is 0. The summed E-state index contributed by atoms with van der Waals surface area (Å²) in [5, 5.41) is 36.2. The number of rotatable bonds is 12. The number of aromatic nitrogens is 4. The van der Waals surface area contributed by atoms with E-state index in [1.165, 1.54) is 29.2 Å². The van der Waals surface area contributed by atoms with E-state index >= 15 is 0 Å². The van der Waals surface area contributed by atoms with Crippen molar-refractivity contribution in [3.63, 3.8) is 0 Å². The van der Waals surface area contributed by atoms with Gasteiger partial charge in [-0.25, -0.2) is 13.6 Å². The van der Waals surface area contributed by atoms with Gasteiger partial charge < -0.3 is 29.3 Å². The standard InChI is InChI=1S/C49H45ClFN5O4.C25H23ClFN5O2/c1-47(2,3)60-46(58)55-32-43(45(57)54-25-23-48(33-52,24-26-54)29-34-19-21-40(51)22-20-34)59-44-41(27-39(50)28-42(44)55)35-30-53-56(31-35)49(36-13-7-4-8-14-36,37-15-9-5-10-16-37)38-17-11-6-12-18-38;26-18-9-20(17-12-30-31-13-17)23-21(10-18)29-14-22(34-23)24(33)32-7-5-25(15-28,6-8-32)11-16-1-3-19(27)4-2-16/h4-22,27-28,30-31,43H,23-26,29,32H2,1-3H3;1-4,9-10,12-13,22,29H,5-8,11,14H2,(H,30,31). The molecule has 13 rings (SSSR count). The second kappa shape index (κ2) is 26.9. The lowest BCUT2D eigenvalue weighted by Crippen LogP contribution is -2.54. The number of hydrogen-bond acceptors (Lipinski definition) is 11. The number of halogens is 4. The van der Waals surface area contributed by atoms with Crippen LogP contribution >= 0.6 is 23.2 Å². The van der Waals surface area contributed by atoms with Crippen LogP contribution in [0.1, 0.15) is 74.3 Å². The number of aromatic amines is 1. The smallest absolute Gasteiger partial charge is 0.415 e. The fourth-order valence-electron chi connectivity index (χ4n) is 13.1. The predicted molar refractivity (Wildman–Crippen MR) is 355 cm³/mol. The molecule has 0 spiro atoms. The van der Waals surface area contributed by atoms with Gasteiger partial charge in [0.2, 0.25) is 0 Å². The molecule has 0 bridgehead atoms. The number of carbonyl (C=O) groups is 3. The number of piperidine rings is 2. The van der Waals surface area contributed by atoms with Gasteiger partial charge in [-0.3, -0.25) is 24.3 Å². The average molecular weight is 1300 g/mol. The third kappa shape index (κ3) is 13.4. The zero-order valence-electron chi connectivity index (χ0n) is 52.1. The van der Waals surface area contributed by atoms with E-state index in [0.29, 0.717) is 110 Å². The summed E-state index contributed by atoms with van der Waals surface area (Å²) in [6, 6.07) is 54.9. The summed E-state index contributed by atoms with van der Waals surface area (Å²) in [6.07, 6.45) is 7.63. The lowest BCUT2D eigenvalue weighted by Gasteiger charge is -2.41. The minimum Gasteiger partial charge on any atom is -0.476 e. The zero-order chi connectivity index (χ0) is 65.8. The molecule has 7 aromatic carbocycles. The number of nitriles is 2. The summed E-state index contributed by atoms with van der Waals surface area (Å²) >= 11 is 13.1. The first-order valence-electron chi connectivity index (χ1n) is 31.2. The summed E-state index contributed by atoms with van der Waals surface area (Å²) in [6.45, 7) is 7.12. The zero-order valence-corrected chi connectivity index (χ0v) is 53.6. The first kappa shape index (κ1) is 64.1. The van der Waals surface area contributed by atoms with Gasteiger partial charge in [0.1, 0.15) is 22.8 Å². The number of hydrogen-bond donors (Lipinski definition) is 2. The van der Waals surface area contributed by atoms with Crippen LogP contribution in [-0.2, 0) is 32.7 Å². The van der Waals surface area contributed by atoms with E-state index in [2.05, 4.69) is 64.1 Å². The van der Waals surface area contributed by atoms with E-state index < -0.39 is 40.3 Å². The minimum absolute atomic E-state index is 0.112. The second-order valence-corrected chi connectivity index (χ2v) is 26.2. The number of nitrogens with zero attached hydrogens (tertiary/aromatic N) is 8. The van der Waals surface area contributed by atoms with Crippen LogP contribution in [0.25, 0.3) is 22.3 Å². The van der Waals surface area contributed by atoms with E-state index in [9.17, 15) is 33.7 Å². The molecule has 0 aliphatic carbocycles. The molecule has 478 valence electrons. The molecule has 4 aliphatic rings. The number of ether oxygens (including phenoxy) is 3. The molecule has 3 amide bonds. The van der Waals surface area contributed by atoms with Crippen LogP contribution in [-0.4, -0.2) is 105 Å². The van der Waals surface area contributed by atoms with Crippen molar-refractivity contribution < 1.29 is 37.4 Å². The number of likely N-dealkylation sites (tertiary alicyclic amines) is 2. The summed E-state index contributed by atoms with van der Waals surface area (Å²) < 4.78 is 47.6. The molecular weight excluding hydrogens is 1230 g/mol. The summed E-state index contributed by atoms with van der Waals surface area (Å²) in [4.78, 5) is 46.7. The Hall–Kier alpha value is -10.0. The number of H-pyrrole nitrogens is 1. The quantitative estimate of drug-likeness (QED) is 0.111. The molecule has 9 aromatic rings. The molecule has 2 N–H and O–H groups in total. The molecular formula is C74H68Cl2F2N10O6. The predicted octanol–water partition coefficient (Wildman–Crippen LogP) is 14.5. The third-order valence-electron chi connectivity index (χ3n) is 18.0. The van der Waals surface area contributed by atoms with Crippen LogP contribution < -0.4 is 19.7 Å². The molecule has 6 heterocycles. The van der Waals surface area contributed by atoms with Gasteiger partial charge in [-0.15, -0.1) is 0 Å². The number of fused-ring (bicyclic) bond motifs is 2. The maximum absolute atomic E-state index is 14.5. The average Bonchev–Trinajstić information content (AvgIpc) is 1.36. The van der Waals surface area contributed by atoms with Crippen LogP contribution in [0.3, 0.4) is 0 Å². The maximum Gasteiger partial charge on any atom is 0.415 e. The van der Waals surface area contributed by atoms with Crippen molar-refractivity contribution in [2.45, 2.75) is 82.6 Å². The Bertz CT molecular complexity index is 4180. The molecule has 94 heavy (non-hydrogen) atoms. The van der Waals surface area contributed by atoms with Gasteiger partial charge in [0.05, 0.1) is 59.8 Å². The van der Waals surface area contributed by atoms with E-state index in [-0.39, 0.29) is 30.0 Å². The molecule has 20 heteroatoms. The van der Waals surface area contributed by atoms with Crippen LogP contribution in [0.4, 0.5) is 25.0 Å². The van der Waals surface area contributed by atoms with Crippen molar-refractivity contribution in [3.8, 4) is 45.9 Å². The Kier molecular flexibility index (Phi) is 18.4. The number of benzene rings is 7. The van der Waals surface area contributed by atoms with Crippen LogP contribution in [0.2, 0.25) is 10.0 Å². The number of amides is 3. The second-order valence-electron chi connectivity index (χ2n) is 25.3.